The molecule has 3 aromatic rings. The van der Waals surface area contributed by atoms with E-state index in [1.807, 2.05) is 0 Å². The lowest BCUT2D eigenvalue weighted by molar-refractivity contribution is 0.0695. The zero-order chi connectivity index (χ0) is 27.9. The molecule has 0 spiro atoms. The molecule has 0 fully saturated rings. The van der Waals surface area contributed by atoms with Crippen molar-refractivity contribution in [3.63, 3.8) is 0 Å². The average molecular weight is 539 g/mol. The van der Waals surface area contributed by atoms with Crippen molar-refractivity contribution in [3.8, 4) is 51.7 Å². The smallest absolute Gasteiger partial charge is 0.335 e. The summed E-state index contributed by atoms with van der Waals surface area (Å²) in [4.78, 5) is 31.8. The Hall–Kier alpha value is -5.33. The topological polar surface area (TPSA) is 254 Å². The number of aromatic hydroxyl groups is 9. The van der Waals surface area contributed by atoms with Gasteiger partial charge in [-0.1, -0.05) is 14.9 Å². The van der Waals surface area contributed by atoms with E-state index in [1.54, 1.807) is 0 Å². The van der Waals surface area contributed by atoms with E-state index in [-0.39, 0.29) is 43.1 Å². The summed E-state index contributed by atoms with van der Waals surface area (Å²) in [5.41, 5.74) is 0.0217. The second-order valence-corrected chi connectivity index (χ2v) is 7.01. The fourth-order valence-electron chi connectivity index (χ4n) is 2.34. The van der Waals surface area contributed by atoms with E-state index < -0.39 is 57.7 Å². The summed E-state index contributed by atoms with van der Waals surface area (Å²) in [6, 6.07) is 6.07. The zero-order valence-electron chi connectivity index (χ0n) is 18.7. The van der Waals surface area contributed by atoms with Gasteiger partial charge in [-0.3, -0.25) is 9.59 Å². The molecule has 0 saturated heterocycles. The Morgan fingerprint density at radius 2 is 0.632 bits per heavy atom. The number of carbonyl (C=O) groups is 3. The first-order valence-corrected chi connectivity index (χ1v) is 9.56. The molecule has 0 heterocycles. The largest absolute Gasteiger partial charge is 0.504 e. The van der Waals surface area contributed by atoms with E-state index in [1.165, 1.54) is 13.8 Å². The van der Waals surface area contributed by atoms with Crippen molar-refractivity contribution in [2.24, 2.45) is 0 Å². The van der Waals surface area contributed by atoms with Gasteiger partial charge in [0, 0.05) is 11.1 Å². The molecular formula is C25H30O13. The van der Waals surface area contributed by atoms with E-state index in [2.05, 4.69) is 0 Å². The molecule has 13 nitrogen and oxygen atoms in total. The molecule has 208 valence electrons. The van der Waals surface area contributed by atoms with Crippen LogP contribution in [-0.4, -0.2) is 68.6 Å². The standard InChI is InChI=1S/2C8H8O4.C7H6O5.2CH4/c2*1-4(9)5-2-6(10)8(12)7(11)3-5;8-4-1-3(7(11)12)2-5(9)6(4)10;;/h2*2-3,10-12H,1H3;1-2,8-10H,(H,11,12);2*1H4. The first-order chi connectivity index (χ1) is 16.6. The molecule has 13 heteroatoms. The van der Waals surface area contributed by atoms with E-state index in [4.69, 9.17) is 51.1 Å². The molecule has 0 saturated carbocycles. The number of Topliss-reactive ketones (excluding diaryl/α,β-unsaturated/α-hetero) is 2. The highest BCUT2D eigenvalue weighted by molar-refractivity contribution is 5.96. The van der Waals surface area contributed by atoms with Gasteiger partial charge in [0.05, 0.1) is 5.56 Å². The van der Waals surface area contributed by atoms with Gasteiger partial charge in [0.15, 0.2) is 63.3 Å². The Kier molecular flexibility index (Phi) is 13.1. The van der Waals surface area contributed by atoms with E-state index in [0.29, 0.717) is 0 Å². The lowest BCUT2D eigenvalue weighted by atomic mass is 10.1. The normalized spacial score (nSPS) is 9.21. The Bertz CT molecular complexity index is 1080. The van der Waals surface area contributed by atoms with Crippen LogP contribution in [0.25, 0.3) is 0 Å². The van der Waals surface area contributed by atoms with Crippen LogP contribution < -0.4 is 0 Å². The lowest BCUT2D eigenvalue weighted by Gasteiger charge is -2.02. The van der Waals surface area contributed by atoms with Crippen molar-refractivity contribution in [2.45, 2.75) is 28.7 Å². The summed E-state index contributed by atoms with van der Waals surface area (Å²) in [6.07, 6.45) is 0. The van der Waals surface area contributed by atoms with Gasteiger partial charge in [0.1, 0.15) is 0 Å². The number of phenolic OH excluding ortho intramolecular Hbond substituents is 9. The summed E-state index contributed by atoms with van der Waals surface area (Å²) in [7, 11) is 0. The molecule has 0 aliphatic heterocycles. The Morgan fingerprint density at radius 1 is 0.447 bits per heavy atom. The third kappa shape index (κ3) is 9.03. The van der Waals surface area contributed by atoms with Gasteiger partial charge >= 0.3 is 5.97 Å². The number of hydrogen-bond acceptors (Lipinski definition) is 12. The maximum atomic E-state index is 10.8. The second kappa shape index (κ2) is 14.3. The first-order valence-electron chi connectivity index (χ1n) is 9.56. The quantitative estimate of drug-likeness (QED) is 0.168. The number of ketones is 2. The average Bonchev–Trinajstić information content (AvgIpc) is 2.79. The molecular weight excluding hydrogens is 508 g/mol. The fourth-order valence-corrected chi connectivity index (χ4v) is 2.34. The van der Waals surface area contributed by atoms with Crippen LogP contribution in [0, 0.1) is 0 Å². The van der Waals surface area contributed by atoms with E-state index in [0.717, 1.165) is 36.4 Å². The van der Waals surface area contributed by atoms with E-state index >= 15 is 0 Å². The minimum atomic E-state index is -1.29. The zero-order valence-corrected chi connectivity index (χ0v) is 18.7. The highest BCUT2D eigenvalue weighted by Gasteiger charge is 2.12. The number of rotatable bonds is 3. The Morgan fingerprint density at radius 3 is 0.789 bits per heavy atom. The van der Waals surface area contributed by atoms with Crippen LogP contribution in [0.15, 0.2) is 36.4 Å². The number of aromatic carboxylic acids is 1. The third-order valence-electron chi connectivity index (χ3n) is 4.27. The van der Waals surface area contributed by atoms with E-state index in [9.17, 15) is 14.4 Å². The summed E-state index contributed by atoms with van der Waals surface area (Å²) in [5, 5.41) is 88.6. The molecule has 0 bridgehead atoms. The number of hydrogen-bond donors (Lipinski definition) is 10. The molecule has 3 rings (SSSR count). The predicted octanol–water partition coefficient (Wildman–Crippen LogP) is 3.79. The van der Waals surface area contributed by atoms with Crippen LogP contribution in [0.4, 0.5) is 0 Å². The minimum absolute atomic E-state index is 0. The third-order valence-corrected chi connectivity index (χ3v) is 4.27. The van der Waals surface area contributed by atoms with Crippen molar-refractivity contribution in [1.82, 2.24) is 0 Å². The van der Waals surface area contributed by atoms with Crippen LogP contribution in [0.1, 0.15) is 59.8 Å². The monoisotopic (exact) mass is 538 g/mol. The highest BCUT2D eigenvalue weighted by atomic mass is 16.4. The van der Waals surface area contributed by atoms with Crippen LogP contribution in [-0.2, 0) is 0 Å². The second-order valence-electron chi connectivity index (χ2n) is 7.01. The number of carbonyl (C=O) groups excluding carboxylic acids is 2. The van der Waals surface area contributed by atoms with Gasteiger partial charge in [0.25, 0.3) is 0 Å². The van der Waals surface area contributed by atoms with Crippen molar-refractivity contribution in [2.75, 3.05) is 0 Å². The van der Waals surface area contributed by atoms with Crippen molar-refractivity contribution < 1.29 is 65.4 Å². The molecule has 0 atom stereocenters. The number of phenols is 9. The van der Waals surface area contributed by atoms with Crippen LogP contribution in [0.2, 0.25) is 0 Å². The van der Waals surface area contributed by atoms with Gasteiger partial charge in [-0.15, -0.1) is 0 Å². The maximum Gasteiger partial charge on any atom is 0.335 e. The fraction of sp³-hybridized carbons (Fsp3) is 0.160. The van der Waals surface area contributed by atoms with Gasteiger partial charge < -0.3 is 51.1 Å². The molecule has 10 N–H and O–H groups in total. The molecule has 0 radical (unpaired) electrons. The van der Waals surface area contributed by atoms with Crippen molar-refractivity contribution in [3.05, 3.63) is 53.1 Å². The van der Waals surface area contributed by atoms with Crippen LogP contribution >= 0.6 is 0 Å². The highest BCUT2D eigenvalue weighted by Crippen LogP contribution is 2.36. The predicted molar refractivity (Wildman–Crippen MR) is 135 cm³/mol. The summed E-state index contributed by atoms with van der Waals surface area (Å²) in [5.74, 6) is -7.14. The molecule has 0 aliphatic carbocycles. The van der Waals surface area contributed by atoms with Crippen LogP contribution in [0.5, 0.6) is 51.7 Å². The molecule has 0 unspecified atom stereocenters. The summed E-state index contributed by atoms with van der Waals surface area (Å²) in [6.45, 7) is 2.59. The van der Waals surface area contributed by atoms with Crippen molar-refractivity contribution in [1.29, 1.82) is 0 Å². The SMILES string of the molecule is C.C.CC(=O)c1cc(O)c(O)c(O)c1.CC(=O)c1cc(O)c(O)c(O)c1.O=C(O)c1cc(O)c(O)c(O)c1. The maximum absolute atomic E-state index is 10.8. The summed E-state index contributed by atoms with van der Waals surface area (Å²) >= 11 is 0. The summed E-state index contributed by atoms with van der Waals surface area (Å²) < 4.78 is 0. The molecule has 0 amide bonds. The Labute approximate surface area is 217 Å². The van der Waals surface area contributed by atoms with Gasteiger partial charge in [-0.05, 0) is 50.2 Å². The van der Waals surface area contributed by atoms with Gasteiger partial charge in [-0.2, -0.15) is 0 Å². The van der Waals surface area contributed by atoms with Crippen LogP contribution in [0.3, 0.4) is 0 Å². The lowest BCUT2D eigenvalue weighted by Crippen LogP contribution is -1.95. The molecule has 3 aromatic carbocycles. The Balaban J connectivity index is 0. The molecule has 0 aliphatic rings. The molecule has 0 aromatic heterocycles. The first kappa shape index (κ1) is 34.8. The number of carboxylic acids is 1. The minimum Gasteiger partial charge on any atom is -0.504 e. The number of benzene rings is 3. The molecule has 38 heavy (non-hydrogen) atoms. The van der Waals surface area contributed by atoms with Gasteiger partial charge in [0.2, 0.25) is 0 Å². The number of carboxylic acid groups (broad SMARTS) is 1. The van der Waals surface area contributed by atoms with Gasteiger partial charge in [-0.25, -0.2) is 4.79 Å². The van der Waals surface area contributed by atoms with Crippen molar-refractivity contribution >= 4 is 17.5 Å².